The first-order valence-corrected chi connectivity index (χ1v) is 8.60. The fourth-order valence-electron chi connectivity index (χ4n) is 2.22. The van der Waals surface area contributed by atoms with Gasteiger partial charge in [0.25, 0.3) is 15.0 Å². The molecule has 1 amide bonds. The summed E-state index contributed by atoms with van der Waals surface area (Å²) >= 11 is 0. The van der Waals surface area contributed by atoms with Gasteiger partial charge in [-0.25, -0.2) is 8.42 Å². The molecule has 1 aromatic carbocycles. The molecular weight excluding hydrogens is 302 g/mol. The molecular formula is C13H16ClNO4S. The summed E-state index contributed by atoms with van der Waals surface area (Å²) < 4.78 is 28.1. The zero-order valence-electron chi connectivity index (χ0n) is 11.2. The number of hydrogen-bond acceptors (Lipinski definition) is 4. The van der Waals surface area contributed by atoms with Gasteiger partial charge in [0.1, 0.15) is 6.10 Å². The van der Waals surface area contributed by atoms with Gasteiger partial charge in [0.2, 0.25) is 0 Å². The Morgan fingerprint density at radius 3 is 2.60 bits per heavy atom. The lowest BCUT2D eigenvalue weighted by Gasteiger charge is -2.12. The Bertz CT molecular complexity index is 629. The maximum atomic E-state index is 12.0. The summed E-state index contributed by atoms with van der Waals surface area (Å²) in [6, 6.07) is 4.47. The van der Waals surface area contributed by atoms with Crippen molar-refractivity contribution < 1.29 is 17.9 Å². The van der Waals surface area contributed by atoms with Crippen molar-refractivity contribution in [2.24, 2.45) is 0 Å². The van der Waals surface area contributed by atoms with Gasteiger partial charge in [-0.1, -0.05) is 0 Å². The maximum absolute atomic E-state index is 12.0. The Morgan fingerprint density at radius 1 is 1.40 bits per heavy atom. The molecule has 0 aliphatic carbocycles. The zero-order chi connectivity index (χ0) is 14.9. The molecule has 1 aliphatic rings. The molecule has 0 aromatic heterocycles. The first kappa shape index (κ1) is 15.3. The molecule has 2 atom stereocenters. The van der Waals surface area contributed by atoms with Crippen molar-refractivity contribution in [3.05, 3.63) is 23.8 Å². The highest BCUT2D eigenvalue weighted by Crippen LogP contribution is 2.24. The van der Waals surface area contributed by atoms with Crippen LogP contribution in [0.2, 0.25) is 0 Å². The minimum Gasteiger partial charge on any atom is -0.365 e. The van der Waals surface area contributed by atoms with Gasteiger partial charge in [0.15, 0.2) is 0 Å². The second kappa shape index (κ2) is 5.71. The molecule has 20 heavy (non-hydrogen) atoms. The van der Waals surface area contributed by atoms with Gasteiger partial charge in [-0.2, -0.15) is 0 Å². The van der Waals surface area contributed by atoms with Crippen LogP contribution in [0.1, 0.15) is 25.3 Å². The van der Waals surface area contributed by atoms with Crippen LogP contribution in [0.25, 0.3) is 0 Å². The molecule has 1 saturated heterocycles. The molecule has 0 spiro atoms. The second-order valence-corrected chi connectivity index (χ2v) is 7.45. The van der Waals surface area contributed by atoms with Crippen LogP contribution >= 0.6 is 10.7 Å². The number of amides is 1. The first-order valence-electron chi connectivity index (χ1n) is 6.29. The van der Waals surface area contributed by atoms with E-state index in [2.05, 4.69) is 5.32 Å². The first-order chi connectivity index (χ1) is 9.27. The Balaban J connectivity index is 2.11. The highest BCUT2D eigenvalue weighted by atomic mass is 35.7. The molecule has 0 saturated carbocycles. The lowest BCUT2D eigenvalue weighted by Crippen LogP contribution is -2.27. The van der Waals surface area contributed by atoms with E-state index in [1.807, 2.05) is 6.92 Å². The quantitative estimate of drug-likeness (QED) is 0.869. The second-order valence-electron chi connectivity index (χ2n) is 4.92. The number of rotatable bonds is 3. The largest absolute Gasteiger partial charge is 0.365 e. The number of benzene rings is 1. The fourth-order valence-corrected chi connectivity index (χ4v) is 3.41. The smallest absolute Gasteiger partial charge is 0.261 e. The van der Waals surface area contributed by atoms with Gasteiger partial charge in [-0.15, -0.1) is 0 Å². The van der Waals surface area contributed by atoms with Crippen molar-refractivity contribution in [1.29, 1.82) is 0 Å². The van der Waals surface area contributed by atoms with Crippen LogP contribution in [0.5, 0.6) is 0 Å². The van der Waals surface area contributed by atoms with Crippen LogP contribution < -0.4 is 5.32 Å². The van der Waals surface area contributed by atoms with Crippen molar-refractivity contribution in [2.45, 2.75) is 43.8 Å². The number of carbonyl (C=O) groups is 1. The van der Waals surface area contributed by atoms with Crippen molar-refractivity contribution >= 4 is 31.3 Å². The van der Waals surface area contributed by atoms with E-state index in [4.69, 9.17) is 15.4 Å². The van der Waals surface area contributed by atoms with E-state index in [-0.39, 0.29) is 16.9 Å². The van der Waals surface area contributed by atoms with Gasteiger partial charge >= 0.3 is 0 Å². The van der Waals surface area contributed by atoms with Crippen LogP contribution in [0.15, 0.2) is 23.1 Å². The number of carbonyl (C=O) groups excluding carboxylic acids is 1. The Hall–Kier alpha value is -1.11. The number of hydrogen-bond donors (Lipinski definition) is 1. The van der Waals surface area contributed by atoms with Crippen LogP contribution in [-0.4, -0.2) is 26.5 Å². The van der Waals surface area contributed by atoms with Crippen molar-refractivity contribution in [2.75, 3.05) is 5.32 Å². The van der Waals surface area contributed by atoms with Crippen molar-refractivity contribution in [1.82, 2.24) is 0 Å². The molecule has 1 aromatic rings. The third-order valence-electron chi connectivity index (χ3n) is 3.23. The summed E-state index contributed by atoms with van der Waals surface area (Å²) in [6.45, 7) is 3.55. The molecule has 1 aliphatic heterocycles. The molecule has 5 nitrogen and oxygen atoms in total. The lowest BCUT2D eigenvalue weighted by atomic mass is 10.2. The normalized spacial score (nSPS) is 22.8. The summed E-state index contributed by atoms with van der Waals surface area (Å²) in [4.78, 5) is 12.0. The number of ether oxygens (including phenoxy) is 1. The van der Waals surface area contributed by atoms with E-state index in [0.717, 1.165) is 6.42 Å². The van der Waals surface area contributed by atoms with Crippen LogP contribution in [0.3, 0.4) is 0 Å². The molecule has 1 N–H and O–H groups in total. The molecule has 1 heterocycles. The third kappa shape index (κ3) is 3.50. The average Bonchev–Trinajstić information content (AvgIpc) is 2.74. The summed E-state index contributed by atoms with van der Waals surface area (Å²) in [6.07, 6.45) is 1.21. The molecule has 1 fully saturated rings. The summed E-state index contributed by atoms with van der Waals surface area (Å²) in [5, 5.41) is 2.72. The standard InChI is InChI=1S/C13H16ClNO4S/c1-8-7-10(4-6-12(8)20(14,17)18)15-13(16)11-5-3-9(2)19-11/h4,6-7,9,11H,3,5H2,1-2H3,(H,15,16). The van der Waals surface area contributed by atoms with E-state index in [1.54, 1.807) is 13.0 Å². The Morgan fingerprint density at radius 2 is 2.10 bits per heavy atom. The van der Waals surface area contributed by atoms with E-state index < -0.39 is 15.2 Å². The molecule has 0 radical (unpaired) electrons. The molecule has 7 heteroatoms. The molecule has 2 unspecified atom stereocenters. The van der Waals surface area contributed by atoms with Gasteiger partial charge in [0, 0.05) is 16.4 Å². The molecule has 0 bridgehead atoms. The predicted octanol–water partition coefficient (Wildman–Crippen LogP) is 2.43. The molecule has 110 valence electrons. The van der Waals surface area contributed by atoms with E-state index in [0.29, 0.717) is 17.7 Å². The monoisotopic (exact) mass is 317 g/mol. The van der Waals surface area contributed by atoms with Crippen LogP contribution in [0, 0.1) is 6.92 Å². The van der Waals surface area contributed by atoms with E-state index in [1.165, 1.54) is 12.1 Å². The highest BCUT2D eigenvalue weighted by Gasteiger charge is 2.28. The maximum Gasteiger partial charge on any atom is 0.261 e. The third-order valence-corrected chi connectivity index (χ3v) is 4.71. The summed E-state index contributed by atoms with van der Waals surface area (Å²) in [7, 11) is 1.54. The summed E-state index contributed by atoms with van der Waals surface area (Å²) in [5.41, 5.74) is 1.01. The van der Waals surface area contributed by atoms with E-state index in [9.17, 15) is 13.2 Å². The van der Waals surface area contributed by atoms with Crippen molar-refractivity contribution in [3.8, 4) is 0 Å². The number of nitrogens with one attached hydrogen (secondary N) is 1. The predicted molar refractivity (Wildman–Crippen MR) is 76.4 cm³/mol. The minimum atomic E-state index is -3.77. The lowest BCUT2D eigenvalue weighted by molar-refractivity contribution is -0.126. The fraction of sp³-hybridized carbons (Fsp3) is 0.462. The minimum absolute atomic E-state index is 0.0444. The van der Waals surface area contributed by atoms with Gasteiger partial charge in [-0.05, 0) is 50.5 Å². The number of anilines is 1. The average molecular weight is 318 g/mol. The summed E-state index contributed by atoms with van der Waals surface area (Å²) in [5.74, 6) is -0.213. The Labute approximate surface area is 122 Å². The van der Waals surface area contributed by atoms with Crippen LogP contribution in [-0.2, 0) is 18.6 Å². The number of halogens is 1. The highest BCUT2D eigenvalue weighted by molar-refractivity contribution is 8.13. The van der Waals surface area contributed by atoms with Crippen molar-refractivity contribution in [3.63, 3.8) is 0 Å². The van der Waals surface area contributed by atoms with Gasteiger partial charge in [-0.3, -0.25) is 4.79 Å². The SMILES string of the molecule is Cc1cc(NC(=O)C2CCC(C)O2)ccc1S(=O)(=O)Cl. The topological polar surface area (TPSA) is 72.5 Å². The van der Waals surface area contributed by atoms with Crippen LogP contribution in [0.4, 0.5) is 5.69 Å². The number of aryl methyl sites for hydroxylation is 1. The van der Waals surface area contributed by atoms with Gasteiger partial charge in [0.05, 0.1) is 11.0 Å². The van der Waals surface area contributed by atoms with E-state index >= 15 is 0 Å². The Kier molecular flexibility index (Phi) is 4.36. The molecule has 2 rings (SSSR count). The van der Waals surface area contributed by atoms with Gasteiger partial charge < -0.3 is 10.1 Å². The zero-order valence-corrected chi connectivity index (χ0v) is 12.8.